The van der Waals surface area contributed by atoms with Gasteiger partial charge in [0.05, 0.1) is 4.47 Å². The fourth-order valence-electron chi connectivity index (χ4n) is 0.962. The van der Waals surface area contributed by atoms with Crippen molar-refractivity contribution >= 4 is 21.8 Å². The van der Waals surface area contributed by atoms with Crippen LogP contribution in [0.4, 0.5) is 0 Å². The van der Waals surface area contributed by atoms with Crippen molar-refractivity contribution in [2.45, 2.75) is 13.5 Å². The summed E-state index contributed by atoms with van der Waals surface area (Å²) in [6, 6.07) is 0. The Morgan fingerprint density at radius 1 is 1.86 bits per heavy atom. The topological polar surface area (TPSA) is 46.9 Å². The largest absolute Gasteiger partial charge is 0.347 e. The highest BCUT2D eigenvalue weighted by atomic mass is 79.9. The molecule has 0 unspecified atom stereocenters. The van der Waals surface area contributed by atoms with Crippen LogP contribution in [0.1, 0.15) is 17.4 Å². The Kier molecular flexibility index (Phi) is 3.88. The van der Waals surface area contributed by atoms with E-state index in [2.05, 4.69) is 32.9 Å². The van der Waals surface area contributed by atoms with Crippen molar-refractivity contribution in [3.63, 3.8) is 0 Å². The standard InChI is InChI=1S/C9H12BrN3O/c1-3-5-11-9(14)8-7(10)6-13(4-2)12-8/h3,6H,1,4-5H2,2H3,(H,11,14). The van der Waals surface area contributed by atoms with Gasteiger partial charge < -0.3 is 5.32 Å². The smallest absolute Gasteiger partial charge is 0.273 e. The van der Waals surface area contributed by atoms with Crippen LogP contribution in [0.5, 0.6) is 0 Å². The maximum Gasteiger partial charge on any atom is 0.273 e. The number of nitrogens with zero attached hydrogens (tertiary/aromatic N) is 2. The van der Waals surface area contributed by atoms with Gasteiger partial charge in [-0.2, -0.15) is 5.10 Å². The molecule has 0 atom stereocenters. The van der Waals surface area contributed by atoms with Gasteiger partial charge in [-0.3, -0.25) is 9.48 Å². The molecule has 1 heterocycles. The molecule has 1 rings (SSSR count). The van der Waals surface area contributed by atoms with Gasteiger partial charge in [-0.1, -0.05) is 6.08 Å². The maximum atomic E-state index is 11.5. The van der Waals surface area contributed by atoms with Gasteiger partial charge in [-0.15, -0.1) is 6.58 Å². The number of aryl methyl sites for hydroxylation is 1. The molecule has 0 spiro atoms. The first-order valence-electron chi connectivity index (χ1n) is 4.31. The fourth-order valence-corrected chi connectivity index (χ4v) is 1.46. The van der Waals surface area contributed by atoms with Crippen LogP contribution in [-0.4, -0.2) is 22.2 Å². The second-order valence-corrected chi connectivity index (χ2v) is 3.53. The average Bonchev–Trinajstić information content (AvgIpc) is 2.56. The molecular formula is C9H12BrN3O. The van der Waals surface area contributed by atoms with Crippen molar-refractivity contribution < 1.29 is 4.79 Å². The normalized spacial score (nSPS) is 9.86. The van der Waals surface area contributed by atoms with Crippen LogP contribution in [0.25, 0.3) is 0 Å². The van der Waals surface area contributed by atoms with Crippen LogP contribution in [0.15, 0.2) is 23.3 Å². The summed E-state index contributed by atoms with van der Waals surface area (Å²) in [7, 11) is 0. The van der Waals surface area contributed by atoms with E-state index >= 15 is 0 Å². The molecule has 0 radical (unpaired) electrons. The first-order chi connectivity index (χ1) is 6.69. The van der Waals surface area contributed by atoms with Crippen LogP contribution in [0.3, 0.4) is 0 Å². The van der Waals surface area contributed by atoms with Crippen LogP contribution >= 0.6 is 15.9 Å². The first kappa shape index (κ1) is 11.0. The second kappa shape index (κ2) is 4.95. The summed E-state index contributed by atoms with van der Waals surface area (Å²) >= 11 is 3.28. The molecule has 76 valence electrons. The molecule has 0 aromatic carbocycles. The summed E-state index contributed by atoms with van der Waals surface area (Å²) in [5.41, 5.74) is 0.411. The molecule has 1 aromatic rings. The fraction of sp³-hybridized carbons (Fsp3) is 0.333. The highest BCUT2D eigenvalue weighted by Gasteiger charge is 2.13. The van der Waals surface area contributed by atoms with Gasteiger partial charge in [0, 0.05) is 19.3 Å². The lowest BCUT2D eigenvalue weighted by atomic mass is 10.4. The molecular weight excluding hydrogens is 246 g/mol. The number of hydrogen-bond acceptors (Lipinski definition) is 2. The Morgan fingerprint density at radius 3 is 3.07 bits per heavy atom. The molecule has 0 aliphatic heterocycles. The summed E-state index contributed by atoms with van der Waals surface area (Å²) in [4.78, 5) is 11.5. The molecule has 0 fully saturated rings. The van der Waals surface area contributed by atoms with E-state index in [0.29, 0.717) is 16.7 Å². The van der Waals surface area contributed by atoms with Crippen molar-refractivity contribution in [3.8, 4) is 0 Å². The number of hydrogen-bond donors (Lipinski definition) is 1. The zero-order valence-electron chi connectivity index (χ0n) is 7.96. The Morgan fingerprint density at radius 2 is 2.57 bits per heavy atom. The number of halogens is 1. The van der Waals surface area contributed by atoms with Gasteiger partial charge in [-0.05, 0) is 22.9 Å². The Hall–Kier alpha value is -1.10. The summed E-state index contributed by atoms with van der Waals surface area (Å²) in [5, 5.41) is 6.77. The average molecular weight is 258 g/mol. The van der Waals surface area contributed by atoms with Crippen LogP contribution in [0, 0.1) is 0 Å². The third-order valence-corrected chi connectivity index (χ3v) is 2.24. The van der Waals surface area contributed by atoms with E-state index in [0.717, 1.165) is 6.54 Å². The van der Waals surface area contributed by atoms with Crippen molar-refractivity contribution in [1.29, 1.82) is 0 Å². The van der Waals surface area contributed by atoms with Gasteiger partial charge in [0.15, 0.2) is 5.69 Å². The molecule has 1 N–H and O–H groups in total. The van der Waals surface area contributed by atoms with Crippen molar-refractivity contribution in [2.75, 3.05) is 6.54 Å². The minimum Gasteiger partial charge on any atom is -0.347 e. The van der Waals surface area contributed by atoms with E-state index in [-0.39, 0.29) is 5.91 Å². The minimum atomic E-state index is -0.191. The minimum absolute atomic E-state index is 0.191. The summed E-state index contributed by atoms with van der Waals surface area (Å²) in [6.07, 6.45) is 3.41. The summed E-state index contributed by atoms with van der Waals surface area (Å²) in [5.74, 6) is -0.191. The van der Waals surface area contributed by atoms with E-state index in [1.54, 1.807) is 17.0 Å². The Bertz CT molecular complexity index is 346. The second-order valence-electron chi connectivity index (χ2n) is 2.68. The summed E-state index contributed by atoms with van der Waals surface area (Å²) < 4.78 is 2.41. The van der Waals surface area contributed by atoms with E-state index in [1.807, 2.05) is 6.92 Å². The van der Waals surface area contributed by atoms with Gasteiger partial charge in [0.2, 0.25) is 0 Å². The van der Waals surface area contributed by atoms with Crippen LogP contribution in [-0.2, 0) is 6.54 Å². The predicted molar refractivity (Wildman–Crippen MR) is 58.1 cm³/mol. The van der Waals surface area contributed by atoms with Gasteiger partial charge >= 0.3 is 0 Å². The number of nitrogens with one attached hydrogen (secondary N) is 1. The van der Waals surface area contributed by atoms with Crippen molar-refractivity contribution in [2.24, 2.45) is 0 Å². The third kappa shape index (κ3) is 2.45. The number of rotatable bonds is 4. The van der Waals surface area contributed by atoms with Crippen molar-refractivity contribution in [1.82, 2.24) is 15.1 Å². The molecule has 1 amide bonds. The molecule has 0 aliphatic rings. The Labute approximate surface area is 91.1 Å². The first-order valence-corrected chi connectivity index (χ1v) is 5.10. The van der Waals surface area contributed by atoms with E-state index in [1.165, 1.54) is 0 Å². The third-order valence-electron chi connectivity index (χ3n) is 1.66. The molecule has 14 heavy (non-hydrogen) atoms. The SMILES string of the molecule is C=CCNC(=O)c1nn(CC)cc1Br. The number of carbonyl (C=O) groups excluding carboxylic acids is 1. The number of amides is 1. The van der Waals surface area contributed by atoms with Gasteiger partial charge in [0.1, 0.15) is 0 Å². The number of carbonyl (C=O) groups is 1. The molecule has 1 aromatic heterocycles. The quantitative estimate of drug-likeness (QED) is 0.833. The van der Waals surface area contributed by atoms with Crippen LogP contribution in [0.2, 0.25) is 0 Å². The van der Waals surface area contributed by atoms with Gasteiger partial charge in [-0.25, -0.2) is 0 Å². The molecule has 0 bridgehead atoms. The maximum absolute atomic E-state index is 11.5. The Balaban J connectivity index is 2.78. The molecule has 5 heteroatoms. The number of aromatic nitrogens is 2. The lowest BCUT2D eigenvalue weighted by Crippen LogP contribution is -2.24. The lowest BCUT2D eigenvalue weighted by molar-refractivity contribution is 0.0951. The predicted octanol–water partition coefficient (Wildman–Crippen LogP) is 1.58. The summed E-state index contributed by atoms with van der Waals surface area (Å²) in [6.45, 7) is 6.67. The molecule has 0 saturated heterocycles. The molecule has 0 aliphatic carbocycles. The zero-order valence-corrected chi connectivity index (χ0v) is 9.54. The highest BCUT2D eigenvalue weighted by molar-refractivity contribution is 9.10. The van der Waals surface area contributed by atoms with E-state index < -0.39 is 0 Å². The lowest BCUT2D eigenvalue weighted by Gasteiger charge is -1.98. The van der Waals surface area contributed by atoms with E-state index in [9.17, 15) is 4.79 Å². The van der Waals surface area contributed by atoms with E-state index in [4.69, 9.17) is 0 Å². The monoisotopic (exact) mass is 257 g/mol. The van der Waals surface area contributed by atoms with Crippen molar-refractivity contribution in [3.05, 3.63) is 29.0 Å². The molecule has 0 saturated carbocycles. The zero-order chi connectivity index (χ0) is 10.6. The highest BCUT2D eigenvalue weighted by Crippen LogP contribution is 2.14. The van der Waals surface area contributed by atoms with Crippen LogP contribution < -0.4 is 5.32 Å². The molecule has 4 nitrogen and oxygen atoms in total. The van der Waals surface area contributed by atoms with Gasteiger partial charge in [0.25, 0.3) is 5.91 Å².